The van der Waals surface area contributed by atoms with Gasteiger partial charge >= 0.3 is 0 Å². The quantitative estimate of drug-likeness (QED) is 0.381. The second-order valence-corrected chi connectivity index (χ2v) is 8.45. The Morgan fingerprint density at radius 3 is 2.70 bits per heavy atom. The van der Waals surface area contributed by atoms with Crippen LogP contribution < -0.4 is 4.74 Å². The summed E-state index contributed by atoms with van der Waals surface area (Å²) < 4.78 is 6.24. The lowest BCUT2D eigenvalue weighted by atomic mass is 9.95. The van der Waals surface area contributed by atoms with Gasteiger partial charge in [0.1, 0.15) is 11.9 Å². The van der Waals surface area contributed by atoms with E-state index in [0.717, 1.165) is 25.0 Å². The van der Waals surface area contributed by atoms with Crippen LogP contribution in [0.25, 0.3) is 21.8 Å². The number of nitrogens with one attached hydrogen (secondary N) is 2. The summed E-state index contributed by atoms with van der Waals surface area (Å²) in [6.07, 6.45) is 7.08. The summed E-state index contributed by atoms with van der Waals surface area (Å²) >= 11 is 0. The number of rotatable bonds is 4. The van der Waals surface area contributed by atoms with Crippen LogP contribution in [0.15, 0.2) is 73.1 Å². The zero-order chi connectivity index (χ0) is 20.1. The molecule has 0 aliphatic carbocycles. The van der Waals surface area contributed by atoms with Crippen LogP contribution in [0, 0.1) is 6.92 Å². The van der Waals surface area contributed by atoms with Crippen LogP contribution in [0.2, 0.25) is 0 Å². The molecule has 2 N–H and O–H groups in total. The molecule has 1 aliphatic heterocycles. The van der Waals surface area contributed by atoms with Crippen molar-refractivity contribution in [2.24, 2.45) is 0 Å². The fourth-order valence-electron chi connectivity index (χ4n) is 4.91. The summed E-state index contributed by atoms with van der Waals surface area (Å²) in [7, 11) is 0. The molecule has 3 aromatic carbocycles. The molecule has 148 valence electrons. The third-order valence-electron chi connectivity index (χ3n) is 6.36. The smallest absolute Gasteiger partial charge is 0.123 e. The molecule has 1 atom stereocenters. The van der Waals surface area contributed by atoms with E-state index in [4.69, 9.17) is 4.74 Å². The van der Waals surface area contributed by atoms with Crippen molar-refractivity contribution in [1.82, 2.24) is 9.97 Å². The number of para-hydroxylation sites is 1. The van der Waals surface area contributed by atoms with Crippen molar-refractivity contribution in [3.8, 4) is 5.75 Å². The maximum absolute atomic E-state index is 6.24. The molecular formula is C27H24N2O. The van der Waals surface area contributed by atoms with E-state index < -0.39 is 0 Å². The largest absolute Gasteiger partial charge is 0.489 e. The predicted octanol–water partition coefficient (Wildman–Crippen LogP) is 6.09. The number of aromatic nitrogens is 2. The van der Waals surface area contributed by atoms with Gasteiger partial charge in [-0.2, -0.15) is 0 Å². The molecule has 0 saturated carbocycles. The van der Waals surface area contributed by atoms with Gasteiger partial charge in [0.2, 0.25) is 0 Å². The minimum absolute atomic E-state index is 0.201. The number of aryl methyl sites for hydroxylation is 1. The standard InChI is InChI=1S/C27H24N2O/c1-17-5-8-25-22(13-17)16-23(30-25)15-21-7-6-19(24-10-12-29-27(21)24)14-20-4-2-3-18-9-11-28-26(18)20/h2-13,23,28-29H,14-16H2,1H3. The molecular weight excluding hydrogens is 368 g/mol. The molecule has 0 fully saturated rings. The summed E-state index contributed by atoms with van der Waals surface area (Å²) in [6.45, 7) is 2.14. The first-order valence-corrected chi connectivity index (χ1v) is 10.6. The molecule has 6 rings (SSSR count). The highest BCUT2D eigenvalue weighted by atomic mass is 16.5. The first-order chi connectivity index (χ1) is 14.7. The molecule has 5 aromatic rings. The van der Waals surface area contributed by atoms with Crippen LogP contribution in [0.1, 0.15) is 27.8 Å². The van der Waals surface area contributed by atoms with E-state index in [1.54, 1.807) is 0 Å². The Morgan fingerprint density at radius 1 is 0.867 bits per heavy atom. The van der Waals surface area contributed by atoms with Crippen LogP contribution in [0.5, 0.6) is 5.75 Å². The molecule has 3 heteroatoms. The zero-order valence-corrected chi connectivity index (χ0v) is 17.0. The Morgan fingerprint density at radius 2 is 1.73 bits per heavy atom. The van der Waals surface area contributed by atoms with Crippen molar-refractivity contribution in [3.63, 3.8) is 0 Å². The number of aromatic amines is 2. The fourth-order valence-corrected chi connectivity index (χ4v) is 4.91. The molecule has 0 amide bonds. The summed E-state index contributed by atoms with van der Waals surface area (Å²) in [5.74, 6) is 1.05. The Hall–Kier alpha value is -3.46. The second-order valence-electron chi connectivity index (χ2n) is 8.45. The molecule has 0 spiro atoms. The molecule has 30 heavy (non-hydrogen) atoms. The normalized spacial score (nSPS) is 15.6. The summed E-state index contributed by atoms with van der Waals surface area (Å²) in [5.41, 5.74) is 9.11. The van der Waals surface area contributed by atoms with Gasteiger partial charge in [0.25, 0.3) is 0 Å². The second kappa shape index (κ2) is 6.81. The van der Waals surface area contributed by atoms with Crippen LogP contribution in [0.4, 0.5) is 0 Å². The van der Waals surface area contributed by atoms with Gasteiger partial charge in [-0.15, -0.1) is 0 Å². The van der Waals surface area contributed by atoms with Crippen molar-refractivity contribution in [3.05, 3.63) is 101 Å². The average Bonchev–Trinajstić information content (AvgIpc) is 3.48. The van der Waals surface area contributed by atoms with Gasteiger partial charge < -0.3 is 14.7 Å². The Kier molecular flexibility index (Phi) is 3.95. The maximum atomic E-state index is 6.24. The third kappa shape index (κ3) is 2.89. The lowest BCUT2D eigenvalue weighted by Gasteiger charge is -2.13. The van der Waals surface area contributed by atoms with Crippen LogP contribution in [-0.4, -0.2) is 16.1 Å². The van der Waals surface area contributed by atoms with Crippen molar-refractivity contribution in [2.45, 2.75) is 32.3 Å². The van der Waals surface area contributed by atoms with Gasteiger partial charge in [-0.25, -0.2) is 0 Å². The molecule has 1 aliphatic rings. The third-order valence-corrected chi connectivity index (χ3v) is 6.36. The van der Waals surface area contributed by atoms with Gasteiger partial charge in [0, 0.05) is 48.1 Å². The lowest BCUT2D eigenvalue weighted by Crippen LogP contribution is -2.16. The maximum Gasteiger partial charge on any atom is 0.123 e. The molecule has 0 radical (unpaired) electrons. The van der Waals surface area contributed by atoms with Gasteiger partial charge in [-0.05, 0) is 52.8 Å². The van der Waals surface area contributed by atoms with Gasteiger partial charge in [0.05, 0.1) is 0 Å². The van der Waals surface area contributed by atoms with Crippen molar-refractivity contribution in [2.75, 3.05) is 0 Å². The van der Waals surface area contributed by atoms with Gasteiger partial charge in [-0.3, -0.25) is 0 Å². The lowest BCUT2D eigenvalue weighted by molar-refractivity contribution is 0.233. The highest BCUT2D eigenvalue weighted by Crippen LogP contribution is 2.33. The predicted molar refractivity (Wildman–Crippen MR) is 122 cm³/mol. The average molecular weight is 393 g/mol. The van der Waals surface area contributed by atoms with Crippen molar-refractivity contribution >= 4 is 21.8 Å². The monoisotopic (exact) mass is 392 g/mol. The summed E-state index contributed by atoms with van der Waals surface area (Å²) in [6, 6.07) is 21.9. The minimum atomic E-state index is 0.201. The number of hydrogen-bond donors (Lipinski definition) is 2. The number of benzene rings is 3. The first-order valence-electron chi connectivity index (χ1n) is 10.6. The molecule has 3 heterocycles. The van der Waals surface area contributed by atoms with Crippen molar-refractivity contribution in [1.29, 1.82) is 0 Å². The van der Waals surface area contributed by atoms with Crippen LogP contribution in [0.3, 0.4) is 0 Å². The van der Waals surface area contributed by atoms with E-state index in [0.29, 0.717) is 0 Å². The molecule has 1 unspecified atom stereocenters. The number of hydrogen-bond acceptors (Lipinski definition) is 1. The summed E-state index contributed by atoms with van der Waals surface area (Å²) in [5, 5.41) is 2.57. The fraction of sp³-hybridized carbons (Fsp3) is 0.185. The van der Waals surface area contributed by atoms with Crippen LogP contribution >= 0.6 is 0 Å². The number of ether oxygens (including phenoxy) is 1. The summed E-state index contributed by atoms with van der Waals surface area (Å²) in [4.78, 5) is 6.89. The number of H-pyrrole nitrogens is 2. The molecule has 3 nitrogen and oxygen atoms in total. The highest BCUT2D eigenvalue weighted by Gasteiger charge is 2.24. The Bertz CT molecular complexity index is 1370. The van der Waals surface area contributed by atoms with E-state index in [1.165, 1.54) is 49.6 Å². The number of fused-ring (bicyclic) bond motifs is 3. The molecule has 0 bridgehead atoms. The SMILES string of the molecule is Cc1ccc2c(c1)CC(Cc1ccc(Cc3cccc4cc[nH]c34)c3cc[nH]c13)O2. The first kappa shape index (κ1) is 17.4. The van der Waals surface area contributed by atoms with E-state index in [-0.39, 0.29) is 6.10 Å². The topological polar surface area (TPSA) is 40.8 Å². The van der Waals surface area contributed by atoms with Gasteiger partial charge in [0.15, 0.2) is 0 Å². The van der Waals surface area contributed by atoms with E-state index in [1.807, 2.05) is 6.20 Å². The Balaban J connectivity index is 1.30. The van der Waals surface area contributed by atoms with Crippen LogP contribution in [-0.2, 0) is 19.3 Å². The Labute approximate surface area is 175 Å². The zero-order valence-electron chi connectivity index (χ0n) is 17.0. The van der Waals surface area contributed by atoms with Crippen molar-refractivity contribution < 1.29 is 4.74 Å². The van der Waals surface area contributed by atoms with Gasteiger partial charge in [-0.1, -0.05) is 48.0 Å². The molecule has 2 aromatic heterocycles. The van der Waals surface area contributed by atoms with E-state index in [2.05, 4.69) is 83.8 Å². The minimum Gasteiger partial charge on any atom is -0.489 e. The highest BCUT2D eigenvalue weighted by molar-refractivity contribution is 5.88. The van der Waals surface area contributed by atoms with E-state index >= 15 is 0 Å². The molecule has 0 saturated heterocycles. The van der Waals surface area contributed by atoms with E-state index in [9.17, 15) is 0 Å².